The number of fused-ring (bicyclic) bond motifs is 1. The molecule has 2 N–H and O–H groups in total. The SMILES string of the molecule is CC(C)(C)OC(=O)N1Cc2nc(CN)sc2C1. The summed E-state index contributed by atoms with van der Waals surface area (Å²) in [4.78, 5) is 19.0. The van der Waals surface area contributed by atoms with Crippen LogP contribution in [0.3, 0.4) is 0 Å². The van der Waals surface area contributed by atoms with E-state index in [0.29, 0.717) is 19.6 Å². The second kappa shape index (κ2) is 4.27. The molecule has 2 heterocycles. The van der Waals surface area contributed by atoms with Gasteiger partial charge in [0.1, 0.15) is 10.6 Å². The highest BCUT2D eigenvalue weighted by atomic mass is 32.1. The molecule has 0 bridgehead atoms. The van der Waals surface area contributed by atoms with Crippen molar-refractivity contribution in [2.45, 2.75) is 46.0 Å². The number of rotatable bonds is 1. The molecule has 1 aromatic heterocycles. The minimum Gasteiger partial charge on any atom is -0.444 e. The van der Waals surface area contributed by atoms with E-state index in [0.717, 1.165) is 15.6 Å². The van der Waals surface area contributed by atoms with Crippen LogP contribution < -0.4 is 5.73 Å². The molecule has 6 heteroatoms. The van der Waals surface area contributed by atoms with Crippen molar-refractivity contribution in [1.82, 2.24) is 9.88 Å². The third-order valence-electron chi connectivity index (χ3n) is 2.32. The maximum absolute atomic E-state index is 11.8. The van der Waals surface area contributed by atoms with Gasteiger partial charge in [-0.1, -0.05) is 0 Å². The first-order valence-electron chi connectivity index (χ1n) is 5.54. The molecule has 0 aromatic carbocycles. The highest BCUT2D eigenvalue weighted by Gasteiger charge is 2.30. The fourth-order valence-corrected chi connectivity index (χ4v) is 2.61. The van der Waals surface area contributed by atoms with E-state index < -0.39 is 5.60 Å². The second-order valence-electron chi connectivity index (χ2n) is 5.02. The van der Waals surface area contributed by atoms with Crippen LogP contribution in [0.4, 0.5) is 4.79 Å². The van der Waals surface area contributed by atoms with Crippen LogP contribution in [0.15, 0.2) is 0 Å². The number of carbonyl (C=O) groups is 1. The average Bonchev–Trinajstić information content (AvgIpc) is 2.70. The number of hydrogen-bond acceptors (Lipinski definition) is 5. The Morgan fingerprint density at radius 1 is 1.53 bits per heavy atom. The molecule has 0 fully saturated rings. The fourth-order valence-electron chi connectivity index (χ4n) is 1.64. The molecule has 0 saturated heterocycles. The Hall–Kier alpha value is -1.14. The summed E-state index contributed by atoms with van der Waals surface area (Å²) in [5.74, 6) is 0. The first-order chi connectivity index (χ1) is 7.89. The topological polar surface area (TPSA) is 68.5 Å². The summed E-state index contributed by atoms with van der Waals surface area (Å²) in [6, 6.07) is 0. The first-order valence-corrected chi connectivity index (χ1v) is 6.36. The highest BCUT2D eigenvalue weighted by Crippen LogP contribution is 2.29. The molecule has 0 radical (unpaired) electrons. The number of nitrogens with zero attached hydrogens (tertiary/aromatic N) is 2. The van der Waals surface area contributed by atoms with Gasteiger partial charge in [0.05, 0.1) is 18.8 Å². The van der Waals surface area contributed by atoms with Crippen molar-refractivity contribution >= 4 is 17.4 Å². The normalized spacial score (nSPS) is 14.9. The van der Waals surface area contributed by atoms with Crippen LogP contribution in [0.2, 0.25) is 0 Å². The Labute approximate surface area is 105 Å². The molecule has 0 unspecified atom stereocenters. The molecule has 1 aliphatic rings. The zero-order valence-electron chi connectivity index (χ0n) is 10.3. The predicted molar refractivity (Wildman–Crippen MR) is 65.5 cm³/mol. The van der Waals surface area contributed by atoms with Gasteiger partial charge in [-0.15, -0.1) is 11.3 Å². The number of ether oxygens (including phenoxy) is 1. The van der Waals surface area contributed by atoms with Gasteiger partial charge < -0.3 is 10.5 Å². The van der Waals surface area contributed by atoms with Crippen molar-refractivity contribution < 1.29 is 9.53 Å². The van der Waals surface area contributed by atoms with Crippen molar-refractivity contribution in [2.24, 2.45) is 5.73 Å². The third-order valence-corrected chi connectivity index (χ3v) is 3.43. The van der Waals surface area contributed by atoms with Crippen LogP contribution >= 0.6 is 11.3 Å². The maximum Gasteiger partial charge on any atom is 0.410 e. The van der Waals surface area contributed by atoms with Gasteiger partial charge in [0.2, 0.25) is 0 Å². The Bertz CT molecular complexity index is 413. The predicted octanol–water partition coefficient (Wildman–Crippen LogP) is 1.85. The molecule has 17 heavy (non-hydrogen) atoms. The lowest BCUT2D eigenvalue weighted by Gasteiger charge is -2.24. The van der Waals surface area contributed by atoms with E-state index in [1.54, 1.807) is 16.2 Å². The monoisotopic (exact) mass is 255 g/mol. The molecular weight excluding hydrogens is 238 g/mol. The smallest absolute Gasteiger partial charge is 0.410 e. The van der Waals surface area contributed by atoms with Crippen molar-refractivity contribution in [3.8, 4) is 0 Å². The van der Waals surface area contributed by atoms with Gasteiger partial charge in [0.25, 0.3) is 0 Å². The van der Waals surface area contributed by atoms with Crippen LogP contribution in [0, 0.1) is 0 Å². The average molecular weight is 255 g/mol. The van der Waals surface area contributed by atoms with Crippen LogP contribution in [-0.4, -0.2) is 21.6 Å². The molecule has 5 nitrogen and oxygen atoms in total. The van der Waals surface area contributed by atoms with Crippen molar-refractivity contribution in [1.29, 1.82) is 0 Å². The molecule has 94 valence electrons. The molecule has 0 spiro atoms. The molecule has 0 saturated carbocycles. The number of aromatic nitrogens is 1. The van der Waals surface area contributed by atoms with E-state index in [2.05, 4.69) is 4.98 Å². The molecular formula is C11H17N3O2S. The second-order valence-corrected chi connectivity index (χ2v) is 6.19. The van der Waals surface area contributed by atoms with Gasteiger partial charge in [0, 0.05) is 11.4 Å². The molecule has 0 aliphatic carbocycles. The third kappa shape index (κ3) is 2.76. The number of hydrogen-bond donors (Lipinski definition) is 1. The van der Waals surface area contributed by atoms with Crippen LogP contribution in [0.5, 0.6) is 0 Å². The van der Waals surface area contributed by atoms with Gasteiger partial charge in [-0.2, -0.15) is 0 Å². The van der Waals surface area contributed by atoms with E-state index in [1.165, 1.54) is 0 Å². The van der Waals surface area contributed by atoms with Crippen molar-refractivity contribution in [2.75, 3.05) is 0 Å². The first kappa shape index (κ1) is 12.3. The largest absolute Gasteiger partial charge is 0.444 e. The number of amides is 1. The minimum absolute atomic E-state index is 0.281. The zero-order valence-corrected chi connectivity index (χ0v) is 11.1. The van der Waals surface area contributed by atoms with E-state index in [-0.39, 0.29) is 6.09 Å². The van der Waals surface area contributed by atoms with E-state index in [1.807, 2.05) is 20.8 Å². The summed E-state index contributed by atoms with van der Waals surface area (Å²) in [5, 5.41) is 0.929. The molecule has 1 amide bonds. The van der Waals surface area contributed by atoms with Gasteiger partial charge in [0.15, 0.2) is 0 Å². The number of carbonyl (C=O) groups excluding carboxylic acids is 1. The van der Waals surface area contributed by atoms with E-state index in [4.69, 9.17) is 10.5 Å². The van der Waals surface area contributed by atoms with Crippen molar-refractivity contribution in [3.05, 3.63) is 15.6 Å². The lowest BCUT2D eigenvalue weighted by Crippen LogP contribution is -2.33. The molecule has 0 atom stereocenters. The summed E-state index contributed by atoms with van der Waals surface area (Å²) < 4.78 is 5.32. The Balaban J connectivity index is 2.00. The Morgan fingerprint density at radius 2 is 2.24 bits per heavy atom. The Kier molecular flexibility index (Phi) is 3.09. The van der Waals surface area contributed by atoms with E-state index in [9.17, 15) is 4.79 Å². The minimum atomic E-state index is -0.455. The van der Waals surface area contributed by atoms with E-state index >= 15 is 0 Å². The number of nitrogens with two attached hydrogens (primary N) is 1. The summed E-state index contributed by atoms with van der Waals surface area (Å²) in [5.41, 5.74) is 6.04. The highest BCUT2D eigenvalue weighted by molar-refractivity contribution is 7.11. The molecule has 2 rings (SSSR count). The Morgan fingerprint density at radius 3 is 2.76 bits per heavy atom. The van der Waals surface area contributed by atoms with Crippen LogP contribution in [0.1, 0.15) is 36.3 Å². The van der Waals surface area contributed by atoms with Crippen LogP contribution in [-0.2, 0) is 24.4 Å². The summed E-state index contributed by atoms with van der Waals surface area (Å²) in [6.07, 6.45) is -0.281. The van der Waals surface area contributed by atoms with Crippen LogP contribution in [0.25, 0.3) is 0 Å². The van der Waals surface area contributed by atoms with Gasteiger partial charge >= 0.3 is 6.09 Å². The molecule has 1 aliphatic heterocycles. The standard InChI is InChI=1S/C11H17N3O2S/c1-11(2,3)16-10(15)14-5-7-8(6-14)17-9(4-12)13-7/h4-6,12H2,1-3H3. The zero-order chi connectivity index (χ0) is 12.6. The quantitative estimate of drug-likeness (QED) is 0.831. The fraction of sp³-hybridized carbons (Fsp3) is 0.636. The molecule has 1 aromatic rings. The summed E-state index contributed by atoms with van der Waals surface area (Å²) in [6.45, 7) is 7.16. The van der Waals surface area contributed by atoms with Gasteiger partial charge in [-0.05, 0) is 20.8 Å². The number of thiazole rings is 1. The summed E-state index contributed by atoms with van der Waals surface area (Å²) in [7, 11) is 0. The lowest BCUT2D eigenvalue weighted by atomic mass is 10.2. The summed E-state index contributed by atoms with van der Waals surface area (Å²) >= 11 is 1.58. The maximum atomic E-state index is 11.8. The lowest BCUT2D eigenvalue weighted by molar-refractivity contribution is 0.0241. The van der Waals surface area contributed by atoms with Gasteiger partial charge in [-0.3, -0.25) is 4.90 Å². The van der Waals surface area contributed by atoms with Crippen molar-refractivity contribution in [3.63, 3.8) is 0 Å². The van der Waals surface area contributed by atoms with Gasteiger partial charge in [-0.25, -0.2) is 9.78 Å².